The van der Waals surface area contributed by atoms with Crippen LogP contribution in [-0.2, 0) is 0 Å². The molecular weight excluding hydrogens is 454 g/mol. The van der Waals surface area contributed by atoms with Crippen LogP contribution in [0.1, 0.15) is 113 Å². The summed E-state index contributed by atoms with van der Waals surface area (Å²) in [6.07, 6.45) is 15.7. The molecule has 208 valence electrons. The molecule has 4 aliphatic rings. The van der Waals surface area contributed by atoms with Gasteiger partial charge in [-0.25, -0.2) is 0 Å². The van der Waals surface area contributed by atoms with Gasteiger partial charge in [-0.1, -0.05) is 79.1 Å². The SMILES string of the molecule is CNC(C)CCC[C@@H](C)[C@H]1CC[C@H]2[C@@H]3CC=C4C[C@@H](O)CC([Si](C)(C)C(C)(C)C)[C@]4(C)[C@H]3CC[C@]12C. The Morgan fingerprint density at radius 3 is 2.42 bits per heavy atom. The van der Waals surface area contributed by atoms with Crippen LogP contribution < -0.4 is 5.32 Å². The van der Waals surface area contributed by atoms with Crippen molar-refractivity contribution in [1.29, 1.82) is 0 Å². The molecule has 2 unspecified atom stereocenters. The van der Waals surface area contributed by atoms with Crippen LogP contribution >= 0.6 is 0 Å². The predicted molar refractivity (Wildman–Crippen MR) is 159 cm³/mol. The average Bonchev–Trinajstić information content (AvgIpc) is 3.15. The molecule has 0 saturated heterocycles. The molecule has 0 aromatic carbocycles. The van der Waals surface area contributed by atoms with Gasteiger partial charge in [0.1, 0.15) is 0 Å². The Balaban J connectivity index is 1.59. The number of rotatable bonds is 7. The first kappa shape index (κ1) is 28.9. The summed E-state index contributed by atoms with van der Waals surface area (Å²) >= 11 is 0. The molecule has 0 heterocycles. The number of aliphatic hydroxyl groups is 1. The van der Waals surface area contributed by atoms with Gasteiger partial charge in [0, 0.05) is 6.04 Å². The van der Waals surface area contributed by atoms with Crippen molar-refractivity contribution in [3.8, 4) is 0 Å². The summed E-state index contributed by atoms with van der Waals surface area (Å²) in [5.74, 6) is 4.36. The lowest BCUT2D eigenvalue weighted by Crippen LogP contribution is -2.58. The molecule has 0 amide bonds. The highest BCUT2D eigenvalue weighted by Gasteiger charge is 2.63. The van der Waals surface area contributed by atoms with Crippen LogP contribution in [0.15, 0.2) is 11.6 Å². The van der Waals surface area contributed by atoms with Gasteiger partial charge in [-0.3, -0.25) is 0 Å². The average molecular weight is 516 g/mol. The van der Waals surface area contributed by atoms with Crippen molar-refractivity contribution >= 4 is 8.07 Å². The first-order valence-corrected chi connectivity index (χ1v) is 18.8. The molecule has 2 nitrogen and oxygen atoms in total. The summed E-state index contributed by atoms with van der Waals surface area (Å²) in [6, 6.07) is 0.645. The topological polar surface area (TPSA) is 32.3 Å². The van der Waals surface area contributed by atoms with Gasteiger partial charge in [0.25, 0.3) is 0 Å². The highest BCUT2D eigenvalue weighted by molar-refractivity contribution is 6.81. The van der Waals surface area contributed by atoms with Gasteiger partial charge in [0.05, 0.1) is 14.2 Å². The minimum atomic E-state index is -1.62. The summed E-state index contributed by atoms with van der Waals surface area (Å²) < 4.78 is 0. The minimum Gasteiger partial charge on any atom is -0.393 e. The maximum absolute atomic E-state index is 11.0. The number of aliphatic hydroxyl groups excluding tert-OH is 1. The molecule has 0 aromatic heterocycles. The smallest absolute Gasteiger partial charge is 0.0577 e. The van der Waals surface area contributed by atoms with Gasteiger partial charge >= 0.3 is 0 Å². The highest BCUT2D eigenvalue weighted by Crippen LogP contribution is 2.71. The largest absolute Gasteiger partial charge is 0.393 e. The summed E-state index contributed by atoms with van der Waals surface area (Å²) in [4.78, 5) is 0. The van der Waals surface area contributed by atoms with Crippen molar-refractivity contribution in [2.75, 3.05) is 7.05 Å². The van der Waals surface area contributed by atoms with E-state index in [9.17, 15) is 5.11 Å². The monoisotopic (exact) mass is 515 g/mol. The lowest BCUT2D eigenvalue weighted by molar-refractivity contribution is -0.0582. The van der Waals surface area contributed by atoms with Gasteiger partial charge in [-0.15, -0.1) is 0 Å². The zero-order valence-corrected chi connectivity index (χ0v) is 26.7. The second kappa shape index (κ2) is 10.1. The minimum absolute atomic E-state index is 0.129. The Bertz CT molecular complexity index is 813. The van der Waals surface area contributed by atoms with E-state index in [1.165, 1.54) is 51.4 Å². The molecule has 2 N–H and O–H groups in total. The molecule has 10 atom stereocenters. The van der Waals surface area contributed by atoms with Gasteiger partial charge in [-0.2, -0.15) is 0 Å². The Kier molecular flexibility index (Phi) is 8.12. The van der Waals surface area contributed by atoms with Crippen molar-refractivity contribution in [2.24, 2.45) is 40.4 Å². The van der Waals surface area contributed by atoms with Crippen molar-refractivity contribution < 1.29 is 5.11 Å². The van der Waals surface area contributed by atoms with E-state index < -0.39 is 8.07 Å². The lowest BCUT2D eigenvalue weighted by atomic mass is 9.46. The van der Waals surface area contributed by atoms with Gasteiger partial charge in [-0.05, 0) is 116 Å². The second-order valence-corrected chi connectivity index (χ2v) is 21.7. The van der Waals surface area contributed by atoms with Crippen LogP contribution in [0.5, 0.6) is 0 Å². The molecule has 0 spiro atoms. The molecule has 36 heavy (non-hydrogen) atoms. The van der Waals surface area contributed by atoms with Gasteiger partial charge in [0.15, 0.2) is 0 Å². The fourth-order valence-corrected chi connectivity index (χ4v) is 14.2. The molecule has 3 heteroatoms. The molecule has 0 aliphatic heterocycles. The van der Waals surface area contributed by atoms with E-state index in [0.29, 0.717) is 27.5 Å². The van der Waals surface area contributed by atoms with Crippen LogP contribution in [0.2, 0.25) is 23.7 Å². The summed E-state index contributed by atoms with van der Waals surface area (Å²) in [7, 11) is 0.480. The van der Waals surface area contributed by atoms with E-state index in [1.54, 1.807) is 5.57 Å². The van der Waals surface area contributed by atoms with E-state index in [0.717, 1.165) is 42.4 Å². The normalized spacial score (nSPS) is 42.7. The summed E-state index contributed by atoms with van der Waals surface area (Å²) in [5.41, 5.74) is 3.18. The van der Waals surface area contributed by atoms with E-state index in [4.69, 9.17) is 0 Å². The number of nitrogens with one attached hydrogen (secondary N) is 1. The molecular formula is C33H61NOSi. The van der Waals surface area contributed by atoms with Crippen molar-refractivity contribution in [3.05, 3.63) is 11.6 Å². The summed E-state index contributed by atoms with van der Waals surface area (Å²) in [6.45, 7) is 23.1. The first-order chi connectivity index (χ1) is 16.7. The maximum atomic E-state index is 11.0. The fraction of sp³-hybridized carbons (Fsp3) is 0.939. The molecule has 0 aromatic rings. The fourth-order valence-electron chi connectivity index (χ4n) is 10.4. The van der Waals surface area contributed by atoms with Crippen molar-refractivity contribution in [2.45, 2.75) is 148 Å². The number of fused-ring (bicyclic) bond motifs is 5. The van der Waals surface area contributed by atoms with Crippen LogP contribution in [-0.4, -0.2) is 32.4 Å². The number of hydrogen-bond acceptors (Lipinski definition) is 2. The second-order valence-electron chi connectivity index (χ2n) is 16.1. The van der Waals surface area contributed by atoms with Gasteiger partial charge < -0.3 is 10.4 Å². The molecule has 0 bridgehead atoms. The van der Waals surface area contributed by atoms with Crippen molar-refractivity contribution in [1.82, 2.24) is 5.32 Å². The predicted octanol–water partition coefficient (Wildman–Crippen LogP) is 8.83. The Morgan fingerprint density at radius 1 is 1.08 bits per heavy atom. The molecule has 4 rings (SSSR count). The number of allylic oxidation sites excluding steroid dienone is 1. The first-order valence-electron chi connectivity index (χ1n) is 15.7. The van der Waals surface area contributed by atoms with Crippen LogP contribution in [0, 0.1) is 40.4 Å². The standard InChI is InChI=1S/C33H61NOSi/c1-22(12-11-13-23(2)34-8)27-16-17-28-26-15-14-24-20-25(35)21-30(36(9,10)31(3,4)5)33(24,7)29(26)18-19-32(27,28)6/h14,22-23,25-30,34-35H,11-13,15-21H2,1-10H3/t22-,23?,25-,26+,27-,28+,29+,30?,32-,33+/m1/s1. The zero-order valence-electron chi connectivity index (χ0n) is 25.7. The van der Waals surface area contributed by atoms with E-state index in [-0.39, 0.29) is 6.10 Å². The van der Waals surface area contributed by atoms with Crippen molar-refractivity contribution in [3.63, 3.8) is 0 Å². The number of hydrogen-bond donors (Lipinski definition) is 2. The van der Waals surface area contributed by atoms with E-state index >= 15 is 0 Å². The Morgan fingerprint density at radius 2 is 1.78 bits per heavy atom. The van der Waals surface area contributed by atoms with Crippen LogP contribution in [0.25, 0.3) is 0 Å². The molecule has 3 saturated carbocycles. The van der Waals surface area contributed by atoms with Gasteiger partial charge in [0.2, 0.25) is 0 Å². The maximum Gasteiger partial charge on any atom is 0.0577 e. The summed E-state index contributed by atoms with van der Waals surface area (Å²) in [5, 5.41) is 14.8. The Labute approximate surface area is 225 Å². The lowest BCUT2D eigenvalue weighted by Gasteiger charge is -2.64. The van der Waals surface area contributed by atoms with Crippen LogP contribution in [0.4, 0.5) is 0 Å². The van der Waals surface area contributed by atoms with E-state index in [2.05, 4.69) is 80.0 Å². The third kappa shape index (κ3) is 4.64. The molecule has 3 fully saturated rings. The highest BCUT2D eigenvalue weighted by atomic mass is 28.3. The zero-order chi connectivity index (χ0) is 26.7. The molecule has 4 aliphatic carbocycles. The third-order valence-electron chi connectivity index (χ3n) is 13.6. The third-order valence-corrected chi connectivity index (χ3v) is 20.0. The quantitative estimate of drug-likeness (QED) is 0.262. The molecule has 0 radical (unpaired) electrons. The van der Waals surface area contributed by atoms with E-state index in [1.807, 2.05) is 0 Å². The van der Waals surface area contributed by atoms with Crippen LogP contribution in [0.3, 0.4) is 0 Å². The Hall–Kier alpha value is -0.123.